The number of thioether (sulfide) groups is 1. The lowest BCUT2D eigenvalue weighted by Crippen LogP contribution is -2.33. The Hall–Kier alpha value is -3.24. The van der Waals surface area contributed by atoms with Crippen molar-refractivity contribution in [2.75, 3.05) is 18.5 Å². The molecule has 2 N–H and O–H groups in total. The number of amides is 2. The second kappa shape index (κ2) is 9.51. The Morgan fingerprint density at radius 3 is 2.60 bits per heavy atom. The van der Waals surface area contributed by atoms with Gasteiger partial charge in [0.05, 0.1) is 4.91 Å². The zero-order chi connectivity index (χ0) is 21.7. The van der Waals surface area contributed by atoms with Crippen molar-refractivity contribution in [2.24, 2.45) is 0 Å². The summed E-state index contributed by atoms with van der Waals surface area (Å²) in [6.07, 6.45) is 1.54. The number of aliphatic carboxylic acids is 1. The van der Waals surface area contributed by atoms with Crippen molar-refractivity contribution in [3.8, 4) is 5.75 Å². The fraction of sp³-hybridized carbons (Fsp3) is 0.100. The van der Waals surface area contributed by atoms with Gasteiger partial charge in [-0.2, -0.15) is 0 Å². The van der Waals surface area contributed by atoms with Crippen LogP contribution in [0.5, 0.6) is 5.75 Å². The summed E-state index contributed by atoms with van der Waals surface area (Å²) in [5.41, 5.74) is 0.961. The lowest BCUT2D eigenvalue weighted by molar-refractivity contribution is -0.140. The van der Waals surface area contributed by atoms with Gasteiger partial charge >= 0.3 is 5.97 Å². The smallest absolute Gasteiger partial charge is 0.323 e. The lowest BCUT2D eigenvalue weighted by atomic mass is 10.2. The first kappa shape index (κ1) is 21.5. The topological polar surface area (TPSA) is 95.9 Å². The quantitative estimate of drug-likeness (QED) is 0.498. The minimum atomic E-state index is -1.16. The number of nitrogens with one attached hydrogen (secondary N) is 1. The van der Waals surface area contributed by atoms with E-state index in [0.717, 1.165) is 16.7 Å². The van der Waals surface area contributed by atoms with Crippen molar-refractivity contribution >= 4 is 57.8 Å². The number of hydrogen-bond donors (Lipinski definition) is 2. The van der Waals surface area contributed by atoms with Crippen molar-refractivity contribution in [3.05, 3.63) is 64.8 Å². The highest BCUT2D eigenvalue weighted by molar-refractivity contribution is 8.26. The molecule has 0 saturated carbocycles. The van der Waals surface area contributed by atoms with Crippen LogP contribution >= 0.6 is 24.0 Å². The fourth-order valence-electron chi connectivity index (χ4n) is 2.52. The number of carboxylic acid groups (broad SMARTS) is 1. The van der Waals surface area contributed by atoms with Crippen LogP contribution < -0.4 is 10.1 Å². The number of para-hydroxylation sites is 1. The number of benzene rings is 2. The average molecular weight is 446 g/mol. The Morgan fingerprint density at radius 1 is 1.20 bits per heavy atom. The van der Waals surface area contributed by atoms with E-state index in [1.165, 1.54) is 30.3 Å². The molecule has 30 heavy (non-hydrogen) atoms. The van der Waals surface area contributed by atoms with Crippen molar-refractivity contribution in [2.45, 2.75) is 0 Å². The number of carbonyl (C=O) groups is 3. The molecular weight excluding hydrogens is 431 g/mol. The van der Waals surface area contributed by atoms with Crippen LogP contribution in [-0.4, -0.2) is 45.3 Å². The van der Waals surface area contributed by atoms with E-state index in [1.54, 1.807) is 24.3 Å². The molecule has 0 aromatic heterocycles. The van der Waals surface area contributed by atoms with Crippen LogP contribution in [0.3, 0.4) is 0 Å². The minimum absolute atomic E-state index is 0.158. The van der Waals surface area contributed by atoms with Gasteiger partial charge < -0.3 is 15.2 Å². The van der Waals surface area contributed by atoms with Gasteiger partial charge in [-0.15, -0.1) is 0 Å². The Labute approximate surface area is 180 Å². The first-order chi connectivity index (χ1) is 14.3. The predicted molar refractivity (Wildman–Crippen MR) is 114 cm³/mol. The maximum Gasteiger partial charge on any atom is 0.323 e. The number of ether oxygens (including phenoxy) is 1. The van der Waals surface area contributed by atoms with Crippen LogP contribution in [0.25, 0.3) is 6.08 Å². The van der Waals surface area contributed by atoms with E-state index < -0.39 is 30.1 Å². The van der Waals surface area contributed by atoms with Gasteiger partial charge in [0.1, 0.15) is 22.4 Å². The summed E-state index contributed by atoms with van der Waals surface area (Å²) in [4.78, 5) is 36.7. The van der Waals surface area contributed by atoms with Gasteiger partial charge in [0.2, 0.25) is 0 Å². The summed E-state index contributed by atoms with van der Waals surface area (Å²) in [6.45, 7) is -0.814. The van der Waals surface area contributed by atoms with Crippen LogP contribution in [-0.2, 0) is 14.4 Å². The molecule has 154 valence electrons. The van der Waals surface area contributed by atoms with Gasteiger partial charge in [-0.05, 0) is 36.4 Å². The van der Waals surface area contributed by atoms with Crippen molar-refractivity contribution < 1.29 is 28.6 Å². The number of thiocarbonyl (C=S) groups is 1. The van der Waals surface area contributed by atoms with E-state index in [-0.39, 0.29) is 15.8 Å². The molecule has 2 aromatic rings. The lowest BCUT2D eigenvalue weighted by Gasteiger charge is -2.11. The number of carboxylic acids is 1. The maximum absolute atomic E-state index is 12.9. The number of rotatable bonds is 7. The van der Waals surface area contributed by atoms with Crippen LogP contribution in [0.2, 0.25) is 0 Å². The molecule has 1 heterocycles. The SMILES string of the molecule is O=C(O)CN1C(=O)/C(=C\c2ccccc2OCC(=O)Nc2ccc(F)cc2)SC1=S. The third kappa shape index (κ3) is 5.43. The molecule has 0 bridgehead atoms. The zero-order valence-corrected chi connectivity index (χ0v) is 17.0. The third-order valence-corrected chi connectivity index (χ3v) is 5.24. The van der Waals surface area contributed by atoms with Crippen LogP contribution in [0.1, 0.15) is 5.56 Å². The summed E-state index contributed by atoms with van der Waals surface area (Å²) >= 11 is 6.07. The van der Waals surface area contributed by atoms with Gasteiger partial charge in [-0.3, -0.25) is 19.3 Å². The Balaban J connectivity index is 1.69. The number of halogens is 1. The van der Waals surface area contributed by atoms with Gasteiger partial charge in [0.25, 0.3) is 11.8 Å². The fourth-order valence-corrected chi connectivity index (χ4v) is 3.76. The molecule has 0 aliphatic carbocycles. The number of hydrogen-bond acceptors (Lipinski definition) is 6. The molecule has 7 nitrogen and oxygen atoms in total. The second-order valence-corrected chi connectivity index (χ2v) is 7.72. The van der Waals surface area contributed by atoms with Crippen LogP contribution in [0.15, 0.2) is 53.4 Å². The first-order valence-electron chi connectivity index (χ1n) is 8.58. The second-order valence-electron chi connectivity index (χ2n) is 6.04. The number of anilines is 1. The van der Waals surface area contributed by atoms with Gasteiger partial charge in [0, 0.05) is 11.3 Å². The van der Waals surface area contributed by atoms with E-state index in [2.05, 4.69) is 5.32 Å². The molecule has 0 radical (unpaired) electrons. The molecule has 1 aliphatic rings. The van der Waals surface area contributed by atoms with Gasteiger partial charge in [-0.1, -0.05) is 42.2 Å². The van der Waals surface area contributed by atoms with Crippen molar-refractivity contribution in [3.63, 3.8) is 0 Å². The minimum Gasteiger partial charge on any atom is -0.483 e. The monoisotopic (exact) mass is 446 g/mol. The Bertz CT molecular complexity index is 1040. The highest BCUT2D eigenvalue weighted by Crippen LogP contribution is 2.34. The van der Waals surface area contributed by atoms with Gasteiger partial charge in [-0.25, -0.2) is 4.39 Å². The van der Waals surface area contributed by atoms with Gasteiger partial charge in [0.15, 0.2) is 6.61 Å². The summed E-state index contributed by atoms with van der Waals surface area (Å²) in [5, 5.41) is 11.5. The molecule has 1 saturated heterocycles. The molecule has 1 aliphatic heterocycles. The van der Waals surface area contributed by atoms with E-state index in [9.17, 15) is 18.8 Å². The summed E-state index contributed by atoms with van der Waals surface area (Å²) in [5.74, 6) is -2.16. The van der Waals surface area contributed by atoms with E-state index >= 15 is 0 Å². The normalized spacial score (nSPS) is 14.8. The largest absolute Gasteiger partial charge is 0.483 e. The van der Waals surface area contributed by atoms with Crippen molar-refractivity contribution in [1.82, 2.24) is 4.90 Å². The maximum atomic E-state index is 12.9. The standard InChI is InChI=1S/C20H15FN2O5S2/c21-13-5-7-14(8-6-13)22-17(24)11-28-15-4-2-1-3-12(15)9-16-19(27)23(10-18(25)26)20(29)30-16/h1-9H,10-11H2,(H,22,24)(H,25,26)/b16-9+. The molecule has 2 aromatic carbocycles. The van der Waals surface area contributed by atoms with E-state index in [1.807, 2.05) is 0 Å². The first-order valence-corrected chi connectivity index (χ1v) is 9.80. The highest BCUT2D eigenvalue weighted by atomic mass is 32.2. The highest BCUT2D eigenvalue weighted by Gasteiger charge is 2.33. The molecule has 10 heteroatoms. The molecule has 0 unspecified atom stereocenters. The number of carbonyl (C=O) groups excluding carboxylic acids is 2. The summed E-state index contributed by atoms with van der Waals surface area (Å²) < 4.78 is 18.7. The Morgan fingerprint density at radius 2 is 1.90 bits per heavy atom. The molecule has 0 atom stereocenters. The summed E-state index contributed by atoms with van der Waals surface area (Å²) in [7, 11) is 0. The summed E-state index contributed by atoms with van der Waals surface area (Å²) in [6, 6.07) is 12.1. The van der Waals surface area contributed by atoms with E-state index in [0.29, 0.717) is 17.0 Å². The molecule has 1 fully saturated rings. The average Bonchev–Trinajstić information content (AvgIpc) is 2.96. The van der Waals surface area contributed by atoms with Crippen LogP contribution in [0, 0.1) is 5.82 Å². The molecule has 2 amide bonds. The van der Waals surface area contributed by atoms with Crippen molar-refractivity contribution in [1.29, 1.82) is 0 Å². The van der Waals surface area contributed by atoms with E-state index in [4.69, 9.17) is 22.1 Å². The molecule has 3 rings (SSSR count). The number of nitrogens with zero attached hydrogens (tertiary/aromatic N) is 1. The van der Waals surface area contributed by atoms with Crippen LogP contribution in [0.4, 0.5) is 10.1 Å². The zero-order valence-electron chi connectivity index (χ0n) is 15.3. The molecular formula is C20H15FN2O5S2. The Kier molecular flexibility index (Phi) is 6.80. The predicted octanol–water partition coefficient (Wildman–Crippen LogP) is 3.13. The third-order valence-electron chi connectivity index (χ3n) is 3.86. The molecule has 0 spiro atoms.